The predicted molar refractivity (Wildman–Crippen MR) is 63.9 cm³/mol. The molecule has 1 unspecified atom stereocenters. The minimum absolute atomic E-state index is 0.369. The minimum Gasteiger partial charge on any atom is -0.0624 e. The zero-order valence-electron chi connectivity index (χ0n) is 4.63. The SMILES string of the molecule is [CH2]C(C)CC(I)(I)I. The van der Waals surface area contributed by atoms with Crippen molar-refractivity contribution < 1.29 is 0 Å². The van der Waals surface area contributed by atoms with Gasteiger partial charge in [-0.2, -0.15) is 0 Å². The summed E-state index contributed by atoms with van der Waals surface area (Å²) in [6, 6.07) is 0. The third-order valence-electron chi connectivity index (χ3n) is 0.580. The van der Waals surface area contributed by atoms with E-state index in [0.29, 0.717) is 5.35 Å². The third-order valence-corrected chi connectivity index (χ3v) is 1.90. The third kappa shape index (κ3) is 8.19. The van der Waals surface area contributed by atoms with Crippen molar-refractivity contribution in [1.82, 2.24) is 0 Å². The average molecular weight is 449 g/mol. The predicted octanol–water partition coefficient (Wildman–Crippen LogP) is 3.81. The smallest absolute Gasteiger partial charge is 0.0624 e. The van der Waals surface area contributed by atoms with E-state index in [2.05, 4.69) is 81.6 Å². The number of hydrogen-bond donors (Lipinski definition) is 0. The largest absolute Gasteiger partial charge is 0.124 e. The van der Waals surface area contributed by atoms with Gasteiger partial charge in [-0.3, -0.25) is 0 Å². The van der Waals surface area contributed by atoms with Crippen molar-refractivity contribution in [1.29, 1.82) is 0 Å². The molecule has 0 rings (SSSR count). The minimum atomic E-state index is 0.369. The molecule has 0 amide bonds. The summed E-state index contributed by atoms with van der Waals surface area (Å²) in [4.78, 5) is 0. The van der Waals surface area contributed by atoms with Crippen molar-refractivity contribution in [2.75, 3.05) is 0 Å². The monoisotopic (exact) mass is 449 g/mol. The normalized spacial score (nSPS) is 12.8. The molecule has 0 aliphatic carbocycles. The van der Waals surface area contributed by atoms with Gasteiger partial charge in [0.25, 0.3) is 0 Å². The second-order valence-corrected chi connectivity index (χ2v) is 13.6. The van der Waals surface area contributed by atoms with Crippen LogP contribution in [0.4, 0.5) is 0 Å². The van der Waals surface area contributed by atoms with Gasteiger partial charge in [-0.25, -0.2) is 0 Å². The molecular weight excluding hydrogens is 441 g/mol. The molecule has 0 aromatic heterocycles. The van der Waals surface area contributed by atoms with Crippen LogP contribution >= 0.6 is 67.8 Å². The first-order valence-corrected chi connectivity index (χ1v) is 5.55. The van der Waals surface area contributed by atoms with Crippen molar-refractivity contribution in [2.24, 2.45) is 5.92 Å². The first-order valence-electron chi connectivity index (χ1n) is 2.31. The number of halogens is 3. The maximum absolute atomic E-state index is 3.91. The Morgan fingerprint density at radius 1 is 1.50 bits per heavy atom. The van der Waals surface area contributed by atoms with Crippen LogP contribution in [0.1, 0.15) is 13.3 Å². The first kappa shape index (κ1) is 10.2. The van der Waals surface area contributed by atoms with E-state index in [9.17, 15) is 0 Å². The lowest BCUT2D eigenvalue weighted by molar-refractivity contribution is 0.694. The first-order chi connectivity index (χ1) is 3.42. The molecule has 0 aromatic carbocycles. The van der Waals surface area contributed by atoms with Gasteiger partial charge in [0.05, 0.1) is 0 Å². The van der Waals surface area contributed by atoms with E-state index >= 15 is 0 Å². The molecule has 0 aromatic rings. The Bertz CT molecular complexity index is 62.6. The van der Waals surface area contributed by atoms with Crippen LogP contribution in [-0.2, 0) is 0 Å². The lowest BCUT2D eigenvalue weighted by Gasteiger charge is -2.13. The highest BCUT2D eigenvalue weighted by Crippen LogP contribution is 2.40. The second kappa shape index (κ2) is 4.15. The molecule has 0 bridgehead atoms. The van der Waals surface area contributed by atoms with Gasteiger partial charge in [-0.1, -0.05) is 81.6 Å². The van der Waals surface area contributed by atoms with Crippen molar-refractivity contribution in [3.63, 3.8) is 0 Å². The Morgan fingerprint density at radius 3 is 1.88 bits per heavy atom. The lowest BCUT2D eigenvalue weighted by atomic mass is 10.2. The molecule has 0 saturated carbocycles. The molecule has 0 aliphatic heterocycles. The van der Waals surface area contributed by atoms with Crippen LogP contribution in [0.2, 0.25) is 0 Å². The highest BCUT2D eigenvalue weighted by atomic mass is 127. The van der Waals surface area contributed by atoms with Gasteiger partial charge in [0, 0.05) is 0 Å². The van der Waals surface area contributed by atoms with E-state index in [1.54, 1.807) is 0 Å². The zero-order valence-corrected chi connectivity index (χ0v) is 11.1. The Balaban J connectivity index is 3.39. The number of hydrogen-bond acceptors (Lipinski definition) is 0. The van der Waals surface area contributed by atoms with E-state index in [1.165, 1.54) is 6.42 Å². The topological polar surface area (TPSA) is 0 Å². The van der Waals surface area contributed by atoms with E-state index in [0.717, 1.165) is 0 Å². The van der Waals surface area contributed by atoms with Crippen LogP contribution in [0.15, 0.2) is 0 Å². The summed E-state index contributed by atoms with van der Waals surface area (Å²) < 4.78 is 0.369. The molecule has 1 atom stereocenters. The highest BCUT2D eigenvalue weighted by Gasteiger charge is 2.17. The highest BCUT2D eigenvalue weighted by molar-refractivity contribution is 14.3. The van der Waals surface area contributed by atoms with E-state index < -0.39 is 0 Å². The second-order valence-electron chi connectivity index (χ2n) is 1.92. The van der Waals surface area contributed by atoms with Crippen LogP contribution in [-0.4, -0.2) is -0.565 Å². The lowest BCUT2D eigenvalue weighted by Crippen LogP contribution is -2.03. The Hall–Kier alpha value is 2.19. The van der Waals surface area contributed by atoms with Crippen LogP contribution in [0.3, 0.4) is 0 Å². The van der Waals surface area contributed by atoms with E-state index in [-0.39, 0.29) is 0 Å². The van der Waals surface area contributed by atoms with Gasteiger partial charge in [-0.15, -0.1) is 0 Å². The van der Waals surface area contributed by atoms with E-state index in [4.69, 9.17) is 0 Å². The summed E-state index contributed by atoms with van der Waals surface area (Å²) >= 11 is 7.28. The Morgan fingerprint density at radius 2 is 1.88 bits per heavy atom. The summed E-state index contributed by atoms with van der Waals surface area (Å²) in [5, 5.41) is 0. The average Bonchev–Trinajstić information content (AvgIpc) is 1.21. The van der Waals surface area contributed by atoms with Crippen molar-refractivity contribution in [2.45, 2.75) is 12.8 Å². The van der Waals surface area contributed by atoms with Gasteiger partial charge in [0.2, 0.25) is 0 Å². The molecule has 0 aliphatic rings. The molecule has 3 heteroatoms. The fourth-order valence-corrected chi connectivity index (χ4v) is 2.65. The quantitative estimate of drug-likeness (QED) is 0.445. The van der Waals surface area contributed by atoms with Gasteiger partial charge in [-0.05, 0) is 12.3 Å². The zero-order chi connectivity index (χ0) is 6.78. The van der Waals surface area contributed by atoms with Gasteiger partial charge in [0.1, 0.15) is -0.565 Å². The van der Waals surface area contributed by atoms with Crippen molar-refractivity contribution in [3.05, 3.63) is 6.92 Å². The molecule has 0 heterocycles. The fraction of sp³-hybridized carbons (Fsp3) is 0.800. The molecule has 49 valence electrons. The van der Waals surface area contributed by atoms with Crippen LogP contribution < -0.4 is 0 Å². The molecule has 8 heavy (non-hydrogen) atoms. The molecule has 0 nitrogen and oxygen atoms in total. The molecule has 0 spiro atoms. The summed E-state index contributed by atoms with van der Waals surface area (Å²) in [6.07, 6.45) is 1.18. The standard InChI is InChI=1S/C5H8I3/c1-4(2)3-5(6,7)8/h4H,1,3H2,2H3. The Kier molecular flexibility index (Phi) is 5.28. The van der Waals surface area contributed by atoms with Crippen molar-refractivity contribution in [3.8, 4) is 0 Å². The molecule has 0 saturated heterocycles. The van der Waals surface area contributed by atoms with Crippen LogP contribution in [0, 0.1) is 12.8 Å². The van der Waals surface area contributed by atoms with E-state index in [1.807, 2.05) is 0 Å². The van der Waals surface area contributed by atoms with Gasteiger partial charge < -0.3 is 0 Å². The van der Waals surface area contributed by atoms with Gasteiger partial charge >= 0.3 is 0 Å². The van der Waals surface area contributed by atoms with Crippen LogP contribution in [0.5, 0.6) is 0 Å². The summed E-state index contributed by atoms with van der Waals surface area (Å²) in [5.41, 5.74) is 0. The summed E-state index contributed by atoms with van der Waals surface area (Å²) in [5.74, 6) is 0.570. The fourth-order valence-electron chi connectivity index (χ4n) is 0.395. The molecule has 0 fully saturated rings. The maximum Gasteiger partial charge on any atom is 0.124 e. The summed E-state index contributed by atoms with van der Waals surface area (Å²) in [6.45, 7) is 6.05. The van der Waals surface area contributed by atoms with Crippen molar-refractivity contribution >= 4 is 67.8 Å². The van der Waals surface area contributed by atoms with Crippen LogP contribution in [0.25, 0.3) is 0 Å². The van der Waals surface area contributed by atoms with Gasteiger partial charge in [0.15, 0.2) is 0 Å². The number of alkyl halides is 3. The molecule has 0 N–H and O–H groups in total. The number of rotatable bonds is 2. The molecule has 1 radical (unpaired) electrons. The molecular formula is C5H8I3. The maximum atomic E-state index is 3.91. The Labute approximate surface area is 92.0 Å². The summed E-state index contributed by atoms with van der Waals surface area (Å²) in [7, 11) is 0.